The fourth-order valence-electron chi connectivity index (χ4n) is 2.10. The lowest BCUT2D eigenvalue weighted by atomic mass is 9.96. The van der Waals surface area contributed by atoms with Gasteiger partial charge in [0.05, 0.1) is 12.2 Å². The van der Waals surface area contributed by atoms with Crippen molar-refractivity contribution in [2.45, 2.75) is 18.6 Å². The third kappa shape index (κ3) is 1.79. The zero-order valence-electron chi connectivity index (χ0n) is 10.6. The smallest absolute Gasteiger partial charge is 0.338 e. The maximum absolute atomic E-state index is 12.0. The number of hydrogen-bond acceptors (Lipinski definition) is 4. The first-order valence-corrected chi connectivity index (χ1v) is 6.94. The molecule has 18 heavy (non-hydrogen) atoms. The van der Waals surface area contributed by atoms with Gasteiger partial charge >= 0.3 is 5.97 Å². The van der Waals surface area contributed by atoms with Gasteiger partial charge in [-0.3, -0.25) is 4.79 Å². The second kappa shape index (κ2) is 4.65. The molecule has 0 saturated heterocycles. The van der Waals surface area contributed by atoms with Gasteiger partial charge in [0.15, 0.2) is 0 Å². The summed E-state index contributed by atoms with van der Waals surface area (Å²) >= 11 is 1.42. The first-order valence-electron chi connectivity index (χ1n) is 5.71. The number of ether oxygens (including phenoxy) is 1. The van der Waals surface area contributed by atoms with Gasteiger partial charge in [0, 0.05) is 11.3 Å². The summed E-state index contributed by atoms with van der Waals surface area (Å²) in [5, 5.41) is 2.81. The van der Waals surface area contributed by atoms with E-state index in [0.717, 1.165) is 5.56 Å². The molecule has 1 aromatic rings. The van der Waals surface area contributed by atoms with E-state index in [1.807, 2.05) is 13.2 Å². The molecular formula is C13H15NO3S. The topological polar surface area (TPSA) is 55.4 Å². The van der Waals surface area contributed by atoms with E-state index in [1.54, 1.807) is 25.1 Å². The fraction of sp³-hybridized carbons (Fsp3) is 0.385. The van der Waals surface area contributed by atoms with Crippen LogP contribution in [0.5, 0.6) is 0 Å². The first kappa shape index (κ1) is 13.0. The molecule has 5 heteroatoms. The highest BCUT2D eigenvalue weighted by Crippen LogP contribution is 2.46. The average Bonchev–Trinajstić information content (AvgIpc) is 2.62. The molecule has 4 nitrogen and oxygen atoms in total. The van der Waals surface area contributed by atoms with Gasteiger partial charge < -0.3 is 10.1 Å². The van der Waals surface area contributed by atoms with Crippen molar-refractivity contribution >= 4 is 29.3 Å². The van der Waals surface area contributed by atoms with E-state index in [1.165, 1.54) is 11.8 Å². The number of carbonyl (C=O) groups excluding carboxylic acids is 2. The van der Waals surface area contributed by atoms with Gasteiger partial charge in [0.1, 0.15) is 4.75 Å². The highest BCUT2D eigenvalue weighted by atomic mass is 32.2. The van der Waals surface area contributed by atoms with E-state index in [9.17, 15) is 9.59 Å². The molecule has 1 atom stereocenters. The van der Waals surface area contributed by atoms with Crippen molar-refractivity contribution in [1.82, 2.24) is 0 Å². The molecule has 1 unspecified atom stereocenters. The molecule has 1 N–H and O–H groups in total. The second-order valence-electron chi connectivity index (χ2n) is 4.14. The number of benzene rings is 1. The summed E-state index contributed by atoms with van der Waals surface area (Å²) in [5.74, 6) is -0.479. The number of carbonyl (C=O) groups is 2. The summed E-state index contributed by atoms with van der Waals surface area (Å²) in [6.07, 6.45) is 1.86. The highest BCUT2D eigenvalue weighted by molar-refractivity contribution is 8.00. The van der Waals surface area contributed by atoms with Crippen molar-refractivity contribution in [2.24, 2.45) is 0 Å². The molecule has 0 aliphatic carbocycles. The summed E-state index contributed by atoms with van der Waals surface area (Å²) < 4.78 is 4.30. The van der Waals surface area contributed by atoms with Crippen molar-refractivity contribution in [3.05, 3.63) is 29.3 Å². The summed E-state index contributed by atoms with van der Waals surface area (Å²) in [7, 11) is 0. The van der Waals surface area contributed by atoms with E-state index in [-0.39, 0.29) is 11.9 Å². The number of esters is 1. The quantitative estimate of drug-likeness (QED) is 0.853. The third-order valence-corrected chi connectivity index (χ3v) is 4.33. The van der Waals surface area contributed by atoms with Gasteiger partial charge in [-0.25, -0.2) is 4.79 Å². The van der Waals surface area contributed by atoms with Crippen LogP contribution in [0.2, 0.25) is 0 Å². The molecule has 2 rings (SSSR count). The minimum absolute atomic E-state index is 0.0956. The maximum atomic E-state index is 12.0. The summed E-state index contributed by atoms with van der Waals surface area (Å²) in [4.78, 5) is 24.0. The molecule has 1 aliphatic rings. The normalized spacial score (nSPS) is 21.4. The van der Waals surface area contributed by atoms with Gasteiger partial charge in [0.2, 0.25) is 5.91 Å². The molecule has 1 heterocycles. The Morgan fingerprint density at radius 1 is 1.50 bits per heavy atom. The molecule has 96 valence electrons. The largest absolute Gasteiger partial charge is 0.462 e. The van der Waals surface area contributed by atoms with Crippen molar-refractivity contribution in [1.29, 1.82) is 0 Å². The Labute approximate surface area is 110 Å². The summed E-state index contributed by atoms with van der Waals surface area (Å²) in [5.41, 5.74) is 1.88. The van der Waals surface area contributed by atoms with E-state index in [2.05, 4.69) is 5.32 Å². The van der Waals surface area contributed by atoms with Crippen LogP contribution in [0.1, 0.15) is 29.8 Å². The van der Waals surface area contributed by atoms with Crippen LogP contribution in [-0.2, 0) is 14.3 Å². The predicted molar refractivity (Wildman–Crippen MR) is 71.9 cm³/mol. The van der Waals surface area contributed by atoms with Crippen LogP contribution in [0.4, 0.5) is 5.69 Å². The lowest BCUT2D eigenvalue weighted by molar-refractivity contribution is -0.117. The Kier molecular flexibility index (Phi) is 3.34. The SMILES string of the molecule is CCOC(=O)c1cccc2c1C(C)(SC)C(=O)N2. The third-order valence-electron chi connectivity index (χ3n) is 3.13. The molecule has 1 aliphatic heterocycles. The van der Waals surface area contributed by atoms with E-state index >= 15 is 0 Å². The maximum Gasteiger partial charge on any atom is 0.338 e. The van der Waals surface area contributed by atoms with Crippen molar-refractivity contribution in [3.63, 3.8) is 0 Å². The Morgan fingerprint density at radius 3 is 2.83 bits per heavy atom. The predicted octanol–water partition coefficient (Wildman–Crippen LogP) is 2.39. The molecule has 1 aromatic carbocycles. The van der Waals surface area contributed by atoms with Gasteiger partial charge in [-0.15, -0.1) is 11.8 Å². The zero-order valence-corrected chi connectivity index (χ0v) is 11.4. The Balaban J connectivity index is 2.57. The number of amides is 1. The van der Waals surface area contributed by atoms with E-state index in [0.29, 0.717) is 17.9 Å². The van der Waals surface area contributed by atoms with Crippen LogP contribution in [0.25, 0.3) is 0 Å². The fourth-order valence-corrected chi connectivity index (χ4v) is 2.76. The van der Waals surface area contributed by atoms with Crippen LogP contribution in [0, 0.1) is 0 Å². The molecule has 0 spiro atoms. The molecule has 0 aromatic heterocycles. The Bertz CT molecular complexity index is 515. The first-order chi connectivity index (χ1) is 8.54. The second-order valence-corrected chi connectivity index (χ2v) is 5.36. The minimum Gasteiger partial charge on any atom is -0.462 e. The number of thioether (sulfide) groups is 1. The van der Waals surface area contributed by atoms with Gasteiger partial charge in [-0.2, -0.15) is 0 Å². The van der Waals surface area contributed by atoms with Crippen molar-refractivity contribution in [3.8, 4) is 0 Å². The molecule has 0 fully saturated rings. The molecule has 1 amide bonds. The van der Waals surface area contributed by atoms with Crippen molar-refractivity contribution in [2.75, 3.05) is 18.2 Å². The van der Waals surface area contributed by atoms with E-state index in [4.69, 9.17) is 4.74 Å². The van der Waals surface area contributed by atoms with Crippen LogP contribution in [0.3, 0.4) is 0 Å². The molecular weight excluding hydrogens is 250 g/mol. The van der Waals surface area contributed by atoms with Crippen molar-refractivity contribution < 1.29 is 14.3 Å². The zero-order chi connectivity index (χ0) is 13.3. The number of hydrogen-bond donors (Lipinski definition) is 1. The summed E-state index contributed by atoms with van der Waals surface area (Å²) in [6, 6.07) is 5.25. The molecule has 0 saturated carbocycles. The average molecular weight is 265 g/mol. The lowest BCUT2D eigenvalue weighted by Crippen LogP contribution is -2.28. The number of nitrogens with one attached hydrogen (secondary N) is 1. The van der Waals surface area contributed by atoms with Crippen LogP contribution in [-0.4, -0.2) is 24.7 Å². The molecule has 0 radical (unpaired) electrons. The lowest BCUT2D eigenvalue weighted by Gasteiger charge is -2.21. The molecule has 0 bridgehead atoms. The van der Waals surface area contributed by atoms with E-state index < -0.39 is 4.75 Å². The van der Waals surface area contributed by atoms with Gasteiger partial charge in [-0.05, 0) is 32.2 Å². The Hall–Kier alpha value is -1.49. The minimum atomic E-state index is -0.737. The summed E-state index contributed by atoms with van der Waals surface area (Å²) in [6.45, 7) is 3.90. The van der Waals surface area contributed by atoms with Crippen LogP contribution in [0.15, 0.2) is 18.2 Å². The number of fused-ring (bicyclic) bond motifs is 1. The van der Waals surface area contributed by atoms with Crippen LogP contribution >= 0.6 is 11.8 Å². The Morgan fingerprint density at radius 2 is 2.22 bits per heavy atom. The standard InChI is InChI=1S/C13H15NO3S/c1-4-17-11(15)8-6-5-7-9-10(8)13(2,18-3)12(16)14-9/h5-7H,4H2,1-3H3,(H,14,16). The van der Waals surface area contributed by atoms with Gasteiger partial charge in [-0.1, -0.05) is 6.07 Å². The highest BCUT2D eigenvalue weighted by Gasteiger charge is 2.45. The number of rotatable bonds is 3. The monoisotopic (exact) mass is 265 g/mol. The number of anilines is 1. The van der Waals surface area contributed by atoms with Crippen LogP contribution < -0.4 is 5.32 Å². The van der Waals surface area contributed by atoms with Gasteiger partial charge in [0.25, 0.3) is 0 Å².